The number of benzene rings is 1. The van der Waals surface area contributed by atoms with E-state index >= 15 is 0 Å². The van der Waals surface area contributed by atoms with E-state index in [4.69, 9.17) is 9.47 Å². The summed E-state index contributed by atoms with van der Waals surface area (Å²) in [6.07, 6.45) is 1.32. The number of aromatic nitrogens is 2. The van der Waals surface area contributed by atoms with E-state index in [0.29, 0.717) is 10.2 Å². The molecule has 3 rings (SSSR count). The van der Waals surface area contributed by atoms with Gasteiger partial charge in [-0.15, -0.1) is 11.3 Å². The summed E-state index contributed by atoms with van der Waals surface area (Å²) >= 11 is 1.31. The van der Waals surface area contributed by atoms with Gasteiger partial charge in [0, 0.05) is 10.3 Å². The number of Topliss-reactive ketones (excluding diaryl/α,β-unsaturated/α-hetero) is 1. The van der Waals surface area contributed by atoms with Crippen LogP contribution in [0.5, 0.6) is 5.75 Å². The first-order chi connectivity index (χ1) is 13.7. The van der Waals surface area contributed by atoms with E-state index in [1.165, 1.54) is 22.2 Å². The normalized spacial score (nSPS) is 11.4. The molecule has 7 nitrogen and oxygen atoms in total. The van der Waals surface area contributed by atoms with Gasteiger partial charge in [-0.2, -0.15) is 0 Å². The highest BCUT2D eigenvalue weighted by Gasteiger charge is 2.22. The van der Waals surface area contributed by atoms with Gasteiger partial charge in [0.1, 0.15) is 17.0 Å². The highest BCUT2D eigenvalue weighted by molar-refractivity contribution is 7.22. The van der Waals surface area contributed by atoms with Gasteiger partial charge in [-0.25, -0.2) is 4.98 Å². The van der Waals surface area contributed by atoms with Crippen molar-refractivity contribution in [1.29, 1.82) is 0 Å². The first kappa shape index (κ1) is 20.7. The molecule has 0 aliphatic heterocycles. The third kappa shape index (κ3) is 4.71. The maximum absolute atomic E-state index is 12.7. The highest BCUT2D eigenvalue weighted by Crippen LogP contribution is 2.31. The average molecular weight is 414 g/mol. The van der Waals surface area contributed by atoms with Crippen molar-refractivity contribution >= 4 is 33.3 Å². The van der Waals surface area contributed by atoms with Gasteiger partial charge in [0.2, 0.25) is 0 Å². The van der Waals surface area contributed by atoms with Crippen LogP contribution in [-0.2, 0) is 20.9 Å². The van der Waals surface area contributed by atoms with Crippen molar-refractivity contribution in [3.05, 3.63) is 47.0 Å². The van der Waals surface area contributed by atoms with E-state index in [-0.39, 0.29) is 24.5 Å². The Hall–Kier alpha value is -3.00. The monoisotopic (exact) mass is 414 g/mol. The molecule has 0 aliphatic rings. The molecule has 0 amide bonds. The molecule has 0 spiro atoms. The minimum Gasteiger partial charge on any atom is -0.497 e. The summed E-state index contributed by atoms with van der Waals surface area (Å²) in [6, 6.07) is 9.35. The molecule has 152 valence electrons. The molecule has 2 heterocycles. The summed E-state index contributed by atoms with van der Waals surface area (Å²) in [5, 5.41) is 0. The molecule has 0 unspecified atom stereocenters. The van der Waals surface area contributed by atoms with Crippen LogP contribution in [0, 0.1) is 5.41 Å². The first-order valence-electron chi connectivity index (χ1n) is 9.01. The summed E-state index contributed by atoms with van der Waals surface area (Å²) in [6.45, 7) is 4.65. The minimum absolute atomic E-state index is 0.186. The molecule has 29 heavy (non-hydrogen) atoms. The number of methoxy groups -OCH3 is 1. The molecule has 0 N–H and O–H groups in total. The molecule has 8 heteroatoms. The van der Waals surface area contributed by atoms with E-state index in [1.54, 1.807) is 27.9 Å². The van der Waals surface area contributed by atoms with Gasteiger partial charge in [-0.05, 0) is 35.9 Å². The van der Waals surface area contributed by atoms with Crippen LogP contribution < -0.4 is 10.3 Å². The number of nitrogens with zero attached hydrogens (tertiary/aromatic N) is 2. The van der Waals surface area contributed by atoms with Gasteiger partial charge in [-0.1, -0.05) is 20.8 Å². The zero-order valence-corrected chi connectivity index (χ0v) is 17.5. The number of fused-ring (bicyclic) bond motifs is 1. The van der Waals surface area contributed by atoms with Crippen molar-refractivity contribution in [2.75, 3.05) is 13.7 Å². The van der Waals surface area contributed by atoms with Crippen molar-refractivity contribution < 1.29 is 19.1 Å². The number of carbonyl (C=O) groups is 2. The van der Waals surface area contributed by atoms with Gasteiger partial charge in [-0.3, -0.25) is 19.0 Å². The number of hydrogen-bond acceptors (Lipinski definition) is 7. The van der Waals surface area contributed by atoms with Crippen molar-refractivity contribution in [3.8, 4) is 16.2 Å². The molecule has 3 aromatic rings. The van der Waals surface area contributed by atoms with E-state index in [1.807, 2.05) is 30.3 Å². The second-order valence-electron chi connectivity index (χ2n) is 7.56. The number of esters is 1. The topological polar surface area (TPSA) is 87.5 Å². The average Bonchev–Trinajstić information content (AvgIpc) is 3.13. The second kappa shape index (κ2) is 8.16. The molecule has 0 fully saturated rings. The number of ketones is 1. The second-order valence-corrected chi connectivity index (χ2v) is 8.62. The predicted octanol–water partition coefficient (Wildman–Crippen LogP) is 3.29. The van der Waals surface area contributed by atoms with Crippen LogP contribution in [0.15, 0.2) is 41.5 Å². The minimum atomic E-state index is -0.655. The third-order valence-electron chi connectivity index (χ3n) is 4.38. The van der Waals surface area contributed by atoms with Crippen molar-refractivity contribution in [2.24, 2.45) is 5.41 Å². The van der Waals surface area contributed by atoms with Crippen LogP contribution in [0.2, 0.25) is 0 Å². The first-order valence-corrected chi connectivity index (χ1v) is 9.83. The summed E-state index contributed by atoms with van der Waals surface area (Å²) in [5.74, 6) is -0.0919. The number of hydrogen-bond donors (Lipinski definition) is 0. The number of thiophene rings is 1. The quantitative estimate of drug-likeness (QED) is 0.575. The maximum Gasteiger partial charge on any atom is 0.326 e. The summed E-state index contributed by atoms with van der Waals surface area (Å²) in [7, 11) is 1.60. The molecule has 0 aliphatic carbocycles. The van der Waals surface area contributed by atoms with Crippen molar-refractivity contribution in [3.63, 3.8) is 0 Å². The van der Waals surface area contributed by atoms with Crippen LogP contribution in [0.1, 0.15) is 20.8 Å². The van der Waals surface area contributed by atoms with Crippen molar-refractivity contribution in [1.82, 2.24) is 9.55 Å². The molecular formula is C21H22N2O5S. The SMILES string of the molecule is COc1ccc(-c2cc3ncn(CC(=O)OCC(=O)C(C)(C)C)c(=O)c3s2)cc1. The molecule has 0 saturated heterocycles. The Morgan fingerprint density at radius 3 is 2.48 bits per heavy atom. The Morgan fingerprint density at radius 2 is 1.86 bits per heavy atom. The highest BCUT2D eigenvalue weighted by atomic mass is 32.1. The van der Waals surface area contributed by atoms with Gasteiger partial charge >= 0.3 is 5.97 Å². The molecule has 0 radical (unpaired) electrons. The molecule has 1 aromatic carbocycles. The van der Waals surface area contributed by atoms with Crippen LogP contribution in [0.3, 0.4) is 0 Å². The zero-order chi connectivity index (χ0) is 21.2. The largest absolute Gasteiger partial charge is 0.497 e. The van der Waals surface area contributed by atoms with Crippen molar-refractivity contribution in [2.45, 2.75) is 27.3 Å². The van der Waals surface area contributed by atoms with E-state index in [2.05, 4.69) is 4.98 Å². The Bertz CT molecular complexity index is 1110. The summed E-state index contributed by atoms with van der Waals surface area (Å²) in [5.41, 5.74) is 0.601. The fourth-order valence-corrected chi connectivity index (χ4v) is 3.57. The lowest BCUT2D eigenvalue weighted by molar-refractivity contribution is -0.150. The number of ether oxygens (including phenoxy) is 2. The number of rotatable bonds is 6. The van der Waals surface area contributed by atoms with Gasteiger partial charge in [0.05, 0.1) is 19.0 Å². The Kier molecular flexibility index (Phi) is 5.83. The predicted molar refractivity (Wildman–Crippen MR) is 111 cm³/mol. The standard InChI is InChI=1S/C21H22N2O5S/c1-21(2,3)17(24)11-28-18(25)10-23-12-22-15-9-16(29-19(15)20(23)26)13-5-7-14(27-4)8-6-13/h5-9,12H,10-11H2,1-4H3. The van der Waals surface area contributed by atoms with E-state index < -0.39 is 11.4 Å². The van der Waals surface area contributed by atoms with E-state index in [9.17, 15) is 14.4 Å². The number of carbonyl (C=O) groups excluding carboxylic acids is 2. The Labute approximate surface area is 171 Å². The molecule has 0 saturated carbocycles. The molecule has 0 bridgehead atoms. The van der Waals surface area contributed by atoms with Crippen LogP contribution in [-0.4, -0.2) is 35.0 Å². The van der Waals surface area contributed by atoms with E-state index in [0.717, 1.165) is 16.2 Å². The maximum atomic E-state index is 12.7. The fourth-order valence-electron chi connectivity index (χ4n) is 2.50. The molecule has 0 atom stereocenters. The summed E-state index contributed by atoms with van der Waals surface area (Å²) < 4.78 is 11.8. The molecular weight excluding hydrogens is 392 g/mol. The lowest BCUT2D eigenvalue weighted by Crippen LogP contribution is -2.29. The van der Waals surface area contributed by atoms with Gasteiger partial charge in [0.15, 0.2) is 12.4 Å². The Balaban J connectivity index is 1.78. The molecule has 2 aromatic heterocycles. The van der Waals surface area contributed by atoms with Crippen LogP contribution in [0.25, 0.3) is 20.7 Å². The van der Waals surface area contributed by atoms with Crippen LogP contribution >= 0.6 is 11.3 Å². The zero-order valence-electron chi connectivity index (χ0n) is 16.7. The third-order valence-corrected chi connectivity index (χ3v) is 5.54. The summed E-state index contributed by atoms with van der Waals surface area (Å²) in [4.78, 5) is 41.8. The van der Waals surface area contributed by atoms with Gasteiger partial charge in [0.25, 0.3) is 5.56 Å². The van der Waals surface area contributed by atoms with Crippen LogP contribution in [0.4, 0.5) is 0 Å². The lowest BCUT2D eigenvalue weighted by Gasteiger charge is -2.16. The van der Waals surface area contributed by atoms with Gasteiger partial charge < -0.3 is 9.47 Å². The Morgan fingerprint density at radius 1 is 1.17 bits per heavy atom. The smallest absolute Gasteiger partial charge is 0.326 e. The lowest BCUT2D eigenvalue weighted by atomic mass is 9.91. The fraction of sp³-hybridized carbons (Fsp3) is 0.333.